The van der Waals surface area contributed by atoms with Crippen LogP contribution in [0.2, 0.25) is 0 Å². The summed E-state index contributed by atoms with van der Waals surface area (Å²) in [6.45, 7) is 7.35. The lowest BCUT2D eigenvalue weighted by molar-refractivity contribution is 0.424. The maximum absolute atomic E-state index is 4.31. The summed E-state index contributed by atoms with van der Waals surface area (Å²) in [6.07, 6.45) is 3.86. The predicted octanol–water partition coefficient (Wildman–Crippen LogP) is 4.13. The van der Waals surface area contributed by atoms with E-state index in [1.165, 1.54) is 5.56 Å². The predicted molar refractivity (Wildman–Crippen MR) is 90.6 cm³/mol. The molecule has 1 N–H and O–H groups in total. The lowest BCUT2D eigenvalue weighted by Gasteiger charge is -2.21. The van der Waals surface area contributed by atoms with E-state index in [0.717, 1.165) is 20.3 Å². The first-order valence-electron chi connectivity index (χ1n) is 6.09. The van der Waals surface area contributed by atoms with E-state index in [2.05, 4.69) is 87.9 Å². The minimum Gasteiger partial charge on any atom is -0.308 e. The quantitative estimate of drug-likeness (QED) is 0.737. The van der Waals surface area contributed by atoms with E-state index in [0.29, 0.717) is 0 Å². The Balaban J connectivity index is 2.18. The average Bonchev–Trinajstić information content (AvgIpc) is 2.73. The van der Waals surface area contributed by atoms with E-state index in [1.807, 2.05) is 17.1 Å². The fourth-order valence-corrected chi connectivity index (χ4v) is 2.52. The van der Waals surface area contributed by atoms with E-state index in [-0.39, 0.29) is 5.54 Å². The Morgan fingerprint density at radius 2 is 2.11 bits per heavy atom. The Morgan fingerprint density at radius 1 is 1.37 bits per heavy atom. The zero-order valence-electron chi connectivity index (χ0n) is 11.2. The van der Waals surface area contributed by atoms with Crippen LogP contribution in [0.15, 0.2) is 35.1 Å². The number of nitrogens with zero attached hydrogens (tertiary/aromatic N) is 2. The van der Waals surface area contributed by atoms with Crippen LogP contribution in [0.1, 0.15) is 26.3 Å². The van der Waals surface area contributed by atoms with Gasteiger partial charge in [0.2, 0.25) is 0 Å². The van der Waals surface area contributed by atoms with Crippen molar-refractivity contribution in [1.29, 1.82) is 0 Å². The molecule has 3 nitrogen and oxygen atoms in total. The van der Waals surface area contributed by atoms with E-state index in [4.69, 9.17) is 0 Å². The van der Waals surface area contributed by atoms with Gasteiger partial charge in [0.1, 0.15) is 0 Å². The highest BCUT2D eigenvalue weighted by Crippen LogP contribution is 2.21. The van der Waals surface area contributed by atoms with Crippen LogP contribution in [0.4, 0.5) is 0 Å². The van der Waals surface area contributed by atoms with Gasteiger partial charge in [0.15, 0.2) is 0 Å². The number of benzene rings is 1. The van der Waals surface area contributed by atoms with Crippen molar-refractivity contribution in [2.45, 2.75) is 32.9 Å². The van der Waals surface area contributed by atoms with E-state index >= 15 is 0 Å². The van der Waals surface area contributed by atoms with Crippen molar-refractivity contribution in [1.82, 2.24) is 15.1 Å². The Labute approximate surface area is 136 Å². The topological polar surface area (TPSA) is 29.9 Å². The first kappa shape index (κ1) is 15.0. The Kier molecular flexibility index (Phi) is 4.68. The second-order valence-electron chi connectivity index (χ2n) is 5.48. The van der Waals surface area contributed by atoms with Gasteiger partial charge in [-0.15, -0.1) is 0 Å². The van der Waals surface area contributed by atoms with Crippen molar-refractivity contribution in [2.75, 3.05) is 0 Å². The van der Waals surface area contributed by atoms with E-state index < -0.39 is 0 Å². The molecule has 102 valence electrons. The summed E-state index contributed by atoms with van der Waals surface area (Å²) in [5, 5.41) is 7.80. The van der Waals surface area contributed by atoms with Gasteiger partial charge in [-0.3, -0.25) is 0 Å². The number of hydrogen-bond donors (Lipinski definition) is 1. The van der Waals surface area contributed by atoms with Crippen LogP contribution < -0.4 is 5.32 Å². The number of halogens is 2. The third-order valence-corrected chi connectivity index (χ3v) is 3.96. The third-order valence-electron chi connectivity index (χ3n) is 2.66. The molecule has 0 aliphatic rings. The van der Waals surface area contributed by atoms with Gasteiger partial charge in [0, 0.05) is 22.8 Å². The Morgan fingerprint density at radius 3 is 2.63 bits per heavy atom. The molecule has 0 bridgehead atoms. The molecule has 0 amide bonds. The monoisotopic (exact) mass is 433 g/mol. The van der Waals surface area contributed by atoms with Crippen molar-refractivity contribution in [2.24, 2.45) is 0 Å². The molecular weight excluding hydrogens is 417 g/mol. The molecule has 2 aromatic rings. The highest BCUT2D eigenvalue weighted by Gasteiger charge is 2.10. The smallest absolute Gasteiger partial charge is 0.0657 e. The van der Waals surface area contributed by atoms with Crippen LogP contribution in [-0.4, -0.2) is 15.3 Å². The normalized spacial score (nSPS) is 11.8. The van der Waals surface area contributed by atoms with Gasteiger partial charge in [0.25, 0.3) is 0 Å². The van der Waals surface area contributed by atoms with Gasteiger partial charge in [-0.25, -0.2) is 4.68 Å². The third kappa shape index (κ3) is 4.29. The molecule has 0 spiro atoms. The lowest BCUT2D eigenvalue weighted by Crippen LogP contribution is -2.35. The second kappa shape index (κ2) is 5.93. The molecule has 5 heteroatoms. The highest BCUT2D eigenvalue weighted by molar-refractivity contribution is 14.1. The molecule has 0 atom stereocenters. The first-order chi connectivity index (χ1) is 8.85. The summed E-state index contributed by atoms with van der Waals surface area (Å²) in [5.41, 5.74) is 2.44. The molecule has 0 saturated heterocycles. The van der Waals surface area contributed by atoms with Crippen molar-refractivity contribution in [3.63, 3.8) is 0 Å². The van der Waals surface area contributed by atoms with Crippen LogP contribution in [0.25, 0.3) is 5.69 Å². The Bertz CT molecular complexity index is 572. The average molecular weight is 434 g/mol. The molecule has 0 saturated carbocycles. The van der Waals surface area contributed by atoms with Crippen molar-refractivity contribution < 1.29 is 0 Å². The minimum atomic E-state index is 0.121. The SMILES string of the molecule is CC(C)(C)NCc1ccc(-n2cc(I)cn2)cc1Br. The molecule has 0 radical (unpaired) electrons. The molecule has 0 aliphatic carbocycles. The van der Waals surface area contributed by atoms with E-state index in [1.54, 1.807) is 0 Å². The van der Waals surface area contributed by atoms with Gasteiger partial charge in [-0.2, -0.15) is 5.10 Å². The summed E-state index contributed by atoms with van der Waals surface area (Å²) in [5.74, 6) is 0. The molecule has 1 aromatic carbocycles. The summed E-state index contributed by atoms with van der Waals surface area (Å²) < 4.78 is 4.12. The van der Waals surface area contributed by atoms with Gasteiger partial charge in [-0.1, -0.05) is 22.0 Å². The summed E-state index contributed by atoms with van der Waals surface area (Å²) in [6, 6.07) is 6.32. The second-order valence-corrected chi connectivity index (χ2v) is 7.58. The lowest BCUT2D eigenvalue weighted by atomic mass is 10.1. The molecule has 0 unspecified atom stereocenters. The number of nitrogens with one attached hydrogen (secondary N) is 1. The zero-order chi connectivity index (χ0) is 14.0. The highest BCUT2D eigenvalue weighted by atomic mass is 127. The van der Waals surface area contributed by atoms with E-state index in [9.17, 15) is 0 Å². The van der Waals surface area contributed by atoms with Gasteiger partial charge in [0.05, 0.1) is 15.5 Å². The van der Waals surface area contributed by atoms with Crippen LogP contribution in [0.5, 0.6) is 0 Å². The molecule has 0 fully saturated rings. The Hall–Kier alpha value is -0.400. The van der Waals surface area contributed by atoms with Gasteiger partial charge >= 0.3 is 0 Å². The minimum absolute atomic E-state index is 0.121. The van der Waals surface area contributed by atoms with Crippen LogP contribution >= 0.6 is 38.5 Å². The van der Waals surface area contributed by atoms with Gasteiger partial charge < -0.3 is 5.32 Å². The maximum Gasteiger partial charge on any atom is 0.0657 e. The fourth-order valence-electron chi connectivity index (χ4n) is 1.62. The summed E-state index contributed by atoms with van der Waals surface area (Å²) >= 11 is 5.90. The zero-order valence-corrected chi connectivity index (χ0v) is 15.0. The summed E-state index contributed by atoms with van der Waals surface area (Å²) in [7, 11) is 0. The van der Waals surface area contributed by atoms with Crippen molar-refractivity contribution in [3.05, 3.63) is 44.2 Å². The molecule has 1 aromatic heterocycles. The molecule has 19 heavy (non-hydrogen) atoms. The number of rotatable bonds is 3. The standard InChI is InChI=1S/C14H17BrIN3/c1-14(2,3)17-7-10-4-5-12(6-13(10)15)19-9-11(16)8-18-19/h4-6,8-9,17H,7H2,1-3H3. The van der Waals surface area contributed by atoms with Gasteiger partial charge in [-0.05, 0) is 61.1 Å². The number of aromatic nitrogens is 2. The van der Waals surface area contributed by atoms with Crippen LogP contribution in [0.3, 0.4) is 0 Å². The number of hydrogen-bond acceptors (Lipinski definition) is 2. The van der Waals surface area contributed by atoms with Crippen molar-refractivity contribution >= 4 is 38.5 Å². The molecule has 0 aliphatic heterocycles. The van der Waals surface area contributed by atoms with Crippen LogP contribution in [-0.2, 0) is 6.54 Å². The molecule has 1 heterocycles. The summed E-state index contributed by atoms with van der Waals surface area (Å²) in [4.78, 5) is 0. The molecular formula is C14H17BrIN3. The fraction of sp³-hybridized carbons (Fsp3) is 0.357. The molecule has 2 rings (SSSR count). The first-order valence-corrected chi connectivity index (χ1v) is 7.96. The largest absolute Gasteiger partial charge is 0.308 e. The van der Waals surface area contributed by atoms with Crippen molar-refractivity contribution in [3.8, 4) is 5.69 Å². The maximum atomic E-state index is 4.31. The van der Waals surface area contributed by atoms with Crippen LogP contribution in [0, 0.1) is 3.57 Å².